The van der Waals surface area contributed by atoms with E-state index in [0.717, 1.165) is 20.2 Å². The molecule has 11 nitrogen and oxygen atoms in total. The molecule has 0 aliphatic rings. The van der Waals surface area contributed by atoms with E-state index in [0.29, 0.717) is 40.9 Å². The van der Waals surface area contributed by atoms with Crippen molar-refractivity contribution in [3.8, 4) is 23.0 Å². The average Bonchev–Trinajstić information content (AvgIpc) is 3.65. The standard InChI is InChI=1S/C33H37NO10S2/c1-5-41-31(37)9-8-22(35)29-16-20-14-24(23(36)18-27(20)45-29)43-12-7-13-44-26-15-21-17-30(46-28(21)19-25(26)40-4)33(39)34(3)11-10-32(38)42-6-2/h14-19,36H,5-13H2,1-4H3. The van der Waals surface area contributed by atoms with Crippen LogP contribution in [0.4, 0.5) is 0 Å². The van der Waals surface area contributed by atoms with Crippen molar-refractivity contribution in [2.75, 3.05) is 47.1 Å². The predicted molar refractivity (Wildman–Crippen MR) is 176 cm³/mol. The molecule has 0 saturated carbocycles. The smallest absolute Gasteiger partial charge is 0.307 e. The van der Waals surface area contributed by atoms with Crippen molar-refractivity contribution in [1.82, 2.24) is 4.90 Å². The number of Topliss-reactive ketones (excluding diaryl/α,β-unsaturated/α-hetero) is 1. The molecule has 0 aliphatic carbocycles. The van der Waals surface area contributed by atoms with Crippen LogP contribution in [0.2, 0.25) is 0 Å². The number of carbonyl (C=O) groups is 4. The highest BCUT2D eigenvalue weighted by Gasteiger charge is 2.19. The summed E-state index contributed by atoms with van der Waals surface area (Å²) in [5, 5.41) is 12.1. The number of carbonyl (C=O) groups excluding carboxylic acids is 4. The van der Waals surface area contributed by atoms with Crippen LogP contribution >= 0.6 is 22.7 Å². The Morgan fingerprint density at radius 2 is 1.33 bits per heavy atom. The molecule has 4 rings (SSSR count). The average molecular weight is 672 g/mol. The molecular weight excluding hydrogens is 634 g/mol. The Balaban J connectivity index is 1.31. The summed E-state index contributed by atoms with van der Waals surface area (Å²) in [5.41, 5.74) is 0. The molecule has 246 valence electrons. The number of ketones is 1. The van der Waals surface area contributed by atoms with E-state index in [9.17, 15) is 24.3 Å². The number of amides is 1. The molecule has 13 heteroatoms. The van der Waals surface area contributed by atoms with Crippen LogP contribution in [0.25, 0.3) is 20.2 Å². The summed E-state index contributed by atoms with van der Waals surface area (Å²) in [6, 6.07) is 10.4. The van der Waals surface area contributed by atoms with Crippen molar-refractivity contribution < 1.29 is 48.0 Å². The topological polar surface area (TPSA) is 138 Å². The molecule has 0 unspecified atom stereocenters. The molecule has 0 fully saturated rings. The highest BCUT2D eigenvalue weighted by atomic mass is 32.1. The van der Waals surface area contributed by atoms with Gasteiger partial charge >= 0.3 is 11.9 Å². The molecule has 2 aromatic carbocycles. The van der Waals surface area contributed by atoms with Crippen LogP contribution in [-0.2, 0) is 19.1 Å². The van der Waals surface area contributed by atoms with Crippen molar-refractivity contribution in [2.24, 2.45) is 0 Å². The Labute approximate surface area is 274 Å². The quantitative estimate of drug-likeness (QED) is 0.0781. The summed E-state index contributed by atoms with van der Waals surface area (Å²) in [6.07, 6.45) is 0.701. The second-order valence-corrected chi connectivity index (χ2v) is 12.3. The molecule has 0 radical (unpaired) electrons. The summed E-state index contributed by atoms with van der Waals surface area (Å²) in [6.45, 7) is 4.84. The predicted octanol–water partition coefficient (Wildman–Crippen LogP) is 6.23. The van der Waals surface area contributed by atoms with Crippen LogP contribution in [0.15, 0.2) is 36.4 Å². The molecule has 2 heterocycles. The monoisotopic (exact) mass is 671 g/mol. The van der Waals surface area contributed by atoms with Crippen molar-refractivity contribution in [3.63, 3.8) is 0 Å². The fourth-order valence-electron chi connectivity index (χ4n) is 4.51. The lowest BCUT2D eigenvalue weighted by Crippen LogP contribution is -2.28. The molecule has 0 aliphatic heterocycles. The number of methoxy groups -OCH3 is 1. The van der Waals surface area contributed by atoms with E-state index in [1.54, 1.807) is 52.3 Å². The van der Waals surface area contributed by atoms with Gasteiger partial charge in [0.1, 0.15) is 0 Å². The van der Waals surface area contributed by atoms with Gasteiger partial charge in [-0.3, -0.25) is 19.2 Å². The largest absolute Gasteiger partial charge is 0.504 e. The van der Waals surface area contributed by atoms with Gasteiger partial charge in [-0.25, -0.2) is 0 Å². The second kappa shape index (κ2) is 16.3. The zero-order valence-corrected chi connectivity index (χ0v) is 27.8. The molecule has 1 amide bonds. The van der Waals surface area contributed by atoms with E-state index in [-0.39, 0.29) is 68.2 Å². The summed E-state index contributed by atoms with van der Waals surface area (Å²) in [4.78, 5) is 51.3. The minimum absolute atomic E-state index is 0.0215. The fraction of sp³-hybridized carbons (Fsp3) is 0.394. The van der Waals surface area contributed by atoms with E-state index >= 15 is 0 Å². The van der Waals surface area contributed by atoms with Crippen LogP contribution in [0.3, 0.4) is 0 Å². The first kappa shape index (κ1) is 34.5. The number of hydrogen-bond acceptors (Lipinski definition) is 12. The lowest BCUT2D eigenvalue weighted by Gasteiger charge is -2.15. The summed E-state index contributed by atoms with van der Waals surface area (Å²) >= 11 is 2.58. The maximum absolute atomic E-state index is 12.9. The molecule has 0 spiro atoms. The van der Waals surface area contributed by atoms with Gasteiger partial charge in [-0.05, 0) is 48.9 Å². The molecule has 0 saturated heterocycles. The Bertz CT molecular complexity index is 1710. The third kappa shape index (κ3) is 8.88. The number of ether oxygens (including phenoxy) is 5. The van der Waals surface area contributed by atoms with Gasteiger partial charge in [0.15, 0.2) is 28.8 Å². The van der Waals surface area contributed by atoms with Gasteiger partial charge in [0.05, 0.1) is 56.1 Å². The third-order valence-electron chi connectivity index (χ3n) is 6.85. The van der Waals surface area contributed by atoms with Gasteiger partial charge < -0.3 is 33.7 Å². The van der Waals surface area contributed by atoms with Gasteiger partial charge in [0.25, 0.3) is 5.91 Å². The second-order valence-electron chi connectivity index (χ2n) is 10.2. The first-order chi connectivity index (χ1) is 22.1. The maximum atomic E-state index is 12.9. The van der Waals surface area contributed by atoms with E-state index in [1.807, 2.05) is 12.1 Å². The fourth-order valence-corrected chi connectivity index (χ4v) is 6.62. The van der Waals surface area contributed by atoms with Crippen molar-refractivity contribution in [2.45, 2.75) is 39.5 Å². The van der Waals surface area contributed by atoms with Gasteiger partial charge in [-0.1, -0.05) is 0 Å². The van der Waals surface area contributed by atoms with Gasteiger partial charge in [-0.2, -0.15) is 0 Å². The normalized spacial score (nSPS) is 11.0. The number of esters is 2. The number of rotatable bonds is 17. The Kier molecular flexibility index (Phi) is 12.2. The van der Waals surface area contributed by atoms with Crippen LogP contribution < -0.4 is 14.2 Å². The summed E-state index contributed by atoms with van der Waals surface area (Å²) in [7, 11) is 3.19. The molecule has 46 heavy (non-hydrogen) atoms. The van der Waals surface area contributed by atoms with E-state index < -0.39 is 5.97 Å². The first-order valence-corrected chi connectivity index (χ1v) is 16.5. The van der Waals surface area contributed by atoms with Crippen molar-refractivity contribution in [1.29, 1.82) is 0 Å². The van der Waals surface area contributed by atoms with E-state index in [2.05, 4.69) is 0 Å². The lowest BCUT2D eigenvalue weighted by atomic mass is 10.1. The van der Waals surface area contributed by atoms with Crippen LogP contribution in [-0.4, -0.2) is 80.8 Å². The van der Waals surface area contributed by atoms with Gasteiger partial charge in [0.2, 0.25) is 0 Å². The summed E-state index contributed by atoms with van der Waals surface area (Å²) < 4.78 is 28.7. The van der Waals surface area contributed by atoms with Crippen LogP contribution in [0.1, 0.15) is 58.9 Å². The maximum Gasteiger partial charge on any atom is 0.307 e. The molecule has 0 bridgehead atoms. The van der Waals surface area contributed by atoms with Crippen molar-refractivity contribution >= 4 is 66.5 Å². The minimum atomic E-state index is -0.408. The number of phenolic OH excluding ortho intramolecular Hbond substituents is 1. The van der Waals surface area contributed by atoms with Crippen LogP contribution in [0.5, 0.6) is 23.0 Å². The molecule has 4 aromatic rings. The number of benzene rings is 2. The highest BCUT2D eigenvalue weighted by molar-refractivity contribution is 7.21. The number of hydrogen-bond donors (Lipinski definition) is 1. The number of aromatic hydroxyl groups is 1. The molecule has 1 N–H and O–H groups in total. The first-order valence-electron chi connectivity index (χ1n) is 14.9. The Morgan fingerprint density at radius 1 is 0.739 bits per heavy atom. The molecule has 2 aromatic heterocycles. The Hall–Kier alpha value is -4.36. The minimum Gasteiger partial charge on any atom is -0.504 e. The summed E-state index contributed by atoms with van der Waals surface area (Å²) in [5.74, 6) is 0.190. The van der Waals surface area contributed by atoms with E-state index in [4.69, 9.17) is 23.7 Å². The highest BCUT2D eigenvalue weighted by Crippen LogP contribution is 2.38. The number of nitrogens with zero attached hydrogens (tertiary/aromatic N) is 1. The zero-order chi connectivity index (χ0) is 33.2. The molecular formula is C33H37NO10S2. The van der Waals surface area contributed by atoms with Gasteiger partial charge in [0, 0.05) is 48.0 Å². The van der Waals surface area contributed by atoms with E-state index in [1.165, 1.54) is 27.6 Å². The number of phenols is 1. The number of fused-ring (bicyclic) bond motifs is 2. The van der Waals surface area contributed by atoms with Crippen molar-refractivity contribution in [3.05, 3.63) is 46.2 Å². The Morgan fingerprint density at radius 3 is 2.00 bits per heavy atom. The van der Waals surface area contributed by atoms with Crippen LogP contribution in [0, 0.1) is 0 Å². The zero-order valence-electron chi connectivity index (χ0n) is 26.2. The molecule has 0 atom stereocenters. The lowest BCUT2D eigenvalue weighted by molar-refractivity contribution is -0.144. The SMILES string of the molecule is CCOC(=O)CCC(=O)c1cc2cc(OCCCOc3cc4cc(C(=O)N(C)CCC(=O)OCC)sc4cc3OC)c(O)cc2s1. The van der Waals surface area contributed by atoms with Gasteiger partial charge in [-0.15, -0.1) is 22.7 Å². The third-order valence-corrected chi connectivity index (χ3v) is 9.08. The number of thiophene rings is 2.